The maximum atomic E-state index is 12.5. The number of fused-ring (bicyclic) bond motifs is 1. The van der Waals surface area contributed by atoms with Crippen LogP contribution in [0.5, 0.6) is 5.75 Å². The Balaban J connectivity index is 0.00000133. The van der Waals surface area contributed by atoms with E-state index in [9.17, 15) is 4.79 Å². The Hall–Kier alpha value is -1.07. The first-order chi connectivity index (χ1) is 8.86. The number of likely N-dealkylation sites (tertiary alicyclic amines) is 1. The van der Waals surface area contributed by atoms with E-state index in [4.69, 9.17) is 4.74 Å². The van der Waals surface area contributed by atoms with Crippen molar-refractivity contribution in [2.24, 2.45) is 0 Å². The number of para-hydroxylation sites is 1. The average molecular weight is 327 g/mol. The summed E-state index contributed by atoms with van der Waals surface area (Å²) < 4.78 is 5.75. The number of ether oxygens (including phenoxy) is 1. The number of rotatable bonds is 1. The number of hydrogen-bond donors (Lipinski definition) is 1. The summed E-state index contributed by atoms with van der Waals surface area (Å²) in [5, 5.41) is 3.29. The molecule has 0 bridgehead atoms. The lowest BCUT2D eigenvalue weighted by Crippen LogP contribution is -2.28. The molecule has 1 fully saturated rings. The highest BCUT2D eigenvalue weighted by molar-refractivity contribution is 8.93. The molecule has 1 aromatic carbocycles. The summed E-state index contributed by atoms with van der Waals surface area (Å²) in [6.07, 6.45) is 2.23. The Labute approximate surface area is 123 Å². The van der Waals surface area contributed by atoms with Crippen molar-refractivity contribution in [1.82, 2.24) is 10.2 Å². The van der Waals surface area contributed by atoms with E-state index in [1.807, 2.05) is 23.1 Å². The van der Waals surface area contributed by atoms with Crippen LogP contribution in [0.25, 0.3) is 0 Å². The molecule has 1 saturated heterocycles. The van der Waals surface area contributed by atoms with Crippen molar-refractivity contribution in [3.63, 3.8) is 0 Å². The third kappa shape index (κ3) is 2.92. The fourth-order valence-electron chi connectivity index (χ4n) is 2.60. The number of hydrogen-bond acceptors (Lipinski definition) is 3. The number of carbonyl (C=O) groups excluding carboxylic acids is 1. The van der Waals surface area contributed by atoms with Crippen LogP contribution in [-0.2, 0) is 6.54 Å². The molecule has 2 aliphatic rings. The summed E-state index contributed by atoms with van der Waals surface area (Å²) >= 11 is 0. The zero-order chi connectivity index (χ0) is 12.4. The molecule has 19 heavy (non-hydrogen) atoms. The molecule has 0 spiro atoms. The van der Waals surface area contributed by atoms with Gasteiger partial charge in [0, 0.05) is 31.7 Å². The van der Waals surface area contributed by atoms with Crippen molar-refractivity contribution in [1.29, 1.82) is 0 Å². The molecule has 0 radical (unpaired) electrons. The van der Waals surface area contributed by atoms with Crippen LogP contribution in [0, 0.1) is 0 Å². The molecule has 0 aromatic heterocycles. The summed E-state index contributed by atoms with van der Waals surface area (Å²) in [4.78, 5) is 14.4. The Morgan fingerprint density at radius 1 is 1.26 bits per heavy atom. The van der Waals surface area contributed by atoms with Crippen LogP contribution in [0.3, 0.4) is 0 Å². The average Bonchev–Trinajstić information content (AvgIpc) is 2.82. The van der Waals surface area contributed by atoms with Gasteiger partial charge in [-0.3, -0.25) is 4.79 Å². The Morgan fingerprint density at radius 3 is 2.84 bits per heavy atom. The van der Waals surface area contributed by atoms with Crippen LogP contribution in [0.4, 0.5) is 0 Å². The molecule has 4 nitrogen and oxygen atoms in total. The molecular weight excluding hydrogens is 308 g/mol. The normalized spacial score (nSPS) is 18.0. The first-order valence-corrected chi connectivity index (χ1v) is 6.61. The fraction of sp³-hybridized carbons (Fsp3) is 0.500. The van der Waals surface area contributed by atoms with Gasteiger partial charge in [-0.15, -0.1) is 17.0 Å². The van der Waals surface area contributed by atoms with Gasteiger partial charge in [-0.25, -0.2) is 0 Å². The maximum absolute atomic E-state index is 12.5. The lowest BCUT2D eigenvalue weighted by Gasteiger charge is -2.18. The molecule has 3 rings (SSSR count). The molecule has 0 saturated carbocycles. The Bertz CT molecular complexity index is 459. The largest absolute Gasteiger partial charge is 0.491 e. The van der Waals surface area contributed by atoms with Gasteiger partial charge in [0.2, 0.25) is 0 Å². The van der Waals surface area contributed by atoms with Gasteiger partial charge < -0.3 is 15.0 Å². The predicted molar refractivity (Wildman–Crippen MR) is 79.1 cm³/mol. The Kier molecular flexibility index (Phi) is 4.82. The van der Waals surface area contributed by atoms with Crippen molar-refractivity contribution >= 4 is 22.9 Å². The summed E-state index contributed by atoms with van der Waals surface area (Å²) in [6.45, 7) is 3.97. The topological polar surface area (TPSA) is 41.6 Å². The van der Waals surface area contributed by atoms with Crippen molar-refractivity contribution < 1.29 is 9.53 Å². The van der Waals surface area contributed by atoms with Crippen LogP contribution in [0.15, 0.2) is 18.2 Å². The molecule has 2 aliphatic heterocycles. The number of halogens is 1. The molecule has 0 aliphatic carbocycles. The van der Waals surface area contributed by atoms with Crippen molar-refractivity contribution in [3.8, 4) is 5.75 Å². The summed E-state index contributed by atoms with van der Waals surface area (Å²) in [7, 11) is 0. The fourth-order valence-corrected chi connectivity index (χ4v) is 2.60. The van der Waals surface area contributed by atoms with Gasteiger partial charge in [0.15, 0.2) is 0 Å². The van der Waals surface area contributed by atoms with Gasteiger partial charge in [0.1, 0.15) is 12.4 Å². The highest BCUT2D eigenvalue weighted by atomic mass is 79.9. The van der Waals surface area contributed by atoms with Gasteiger partial charge in [-0.05, 0) is 18.9 Å². The van der Waals surface area contributed by atoms with E-state index < -0.39 is 0 Å². The third-order valence-electron chi connectivity index (χ3n) is 3.56. The smallest absolute Gasteiger partial charge is 0.257 e. The van der Waals surface area contributed by atoms with E-state index in [1.54, 1.807) is 0 Å². The first-order valence-electron chi connectivity index (χ1n) is 6.61. The maximum Gasteiger partial charge on any atom is 0.257 e. The van der Waals surface area contributed by atoms with Crippen molar-refractivity contribution in [3.05, 3.63) is 29.3 Å². The minimum atomic E-state index is 0. The molecule has 0 unspecified atom stereocenters. The quantitative estimate of drug-likeness (QED) is 0.858. The second kappa shape index (κ2) is 6.39. The van der Waals surface area contributed by atoms with E-state index in [0.717, 1.165) is 55.9 Å². The molecule has 1 N–H and O–H groups in total. The van der Waals surface area contributed by atoms with Crippen molar-refractivity contribution in [2.75, 3.05) is 26.2 Å². The van der Waals surface area contributed by atoms with Gasteiger partial charge in [-0.1, -0.05) is 12.1 Å². The number of carbonyl (C=O) groups is 1. The number of amides is 1. The molecule has 0 atom stereocenters. The highest BCUT2D eigenvalue weighted by Gasteiger charge is 2.24. The zero-order valence-corrected chi connectivity index (χ0v) is 12.6. The van der Waals surface area contributed by atoms with E-state index in [2.05, 4.69) is 5.32 Å². The predicted octanol–water partition coefficient (Wildman–Crippen LogP) is 1.98. The van der Waals surface area contributed by atoms with Crippen molar-refractivity contribution in [2.45, 2.75) is 19.4 Å². The van der Waals surface area contributed by atoms with E-state index >= 15 is 0 Å². The molecular formula is C14H19BrN2O2. The number of benzene rings is 1. The lowest BCUT2D eigenvalue weighted by atomic mass is 10.1. The standard InChI is InChI=1S/C14H18N2O2.BrH/c17-14(16-7-1-2-8-16)12-5-3-4-11-10-15-6-9-18-13(11)12;/h3-5,15H,1-2,6-10H2;1H. The van der Waals surface area contributed by atoms with Crippen LogP contribution < -0.4 is 10.1 Å². The van der Waals surface area contributed by atoms with Gasteiger partial charge in [0.25, 0.3) is 5.91 Å². The van der Waals surface area contributed by atoms with Crippen LogP contribution >= 0.6 is 17.0 Å². The van der Waals surface area contributed by atoms with Gasteiger partial charge in [0.05, 0.1) is 5.56 Å². The van der Waals surface area contributed by atoms with Gasteiger partial charge in [-0.2, -0.15) is 0 Å². The monoisotopic (exact) mass is 326 g/mol. The minimum Gasteiger partial charge on any atom is -0.491 e. The van der Waals surface area contributed by atoms with E-state index in [0.29, 0.717) is 6.61 Å². The summed E-state index contributed by atoms with van der Waals surface area (Å²) in [5.41, 5.74) is 1.80. The summed E-state index contributed by atoms with van der Waals surface area (Å²) in [6, 6.07) is 5.84. The first kappa shape index (κ1) is 14.3. The molecule has 5 heteroatoms. The third-order valence-corrected chi connectivity index (χ3v) is 3.56. The Morgan fingerprint density at radius 2 is 2.05 bits per heavy atom. The molecule has 1 amide bonds. The molecule has 104 valence electrons. The number of nitrogens with zero attached hydrogens (tertiary/aromatic N) is 1. The van der Waals surface area contributed by atoms with E-state index in [1.165, 1.54) is 0 Å². The highest BCUT2D eigenvalue weighted by Crippen LogP contribution is 2.27. The van der Waals surface area contributed by atoms with Crippen LogP contribution in [-0.4, -0.2) is 37.0 Å². The second-order valence-electron chi connectivity index (χ2n) is 4.82. The van der Waals surface area contributed by atoms with Gasteiger partial charge >= 0.3 is 0 Å². The lowest BCUT2D eigenvalue weighted by molar-refractivity contribution is 0.0788. The second-order valence-corrected chi connectivity index (χ2v) is 4.82. The molecule has 1 aromatic rings. The SMILES string of the molecule is Br.O=C(c1cccc2c1OCCNC2)N1CCCC1. The summed E-state index contributed by atoms with van der Waals surface area (Å²) in [5.74, 6) is 0.894. The van der Waals surface area contributed by atoms with Crippen LogP contribution in [0.1, 0.15) is 28.8 Å². The zero-order valence-electron chi connectivity index (χ0n) is 10.9. The number of nitrogens with one attached hydrogen (secondary N) is 1. The minimum absolute atomic E-state index is 0. The molecule has 2 heterocycles. The van der Waals surface area contributed by atoms with Crippen LogP contribution in [0.2, 0.25) is 0 Å². The van der Waals surface area contributed by atoms with E-state index in [-0.39, 0.29) is 22.9 Å².